The molecule has 0 aliphatic heterocycles. The molecule has 0 atom stereocenters. The van der Waals surface area contributed by atoms with E-state index in [1.807, 2.05) is 0 Å². The molecule has 1 rings (SSSR count). The maximum atomic E-state index is 13.5. The van der Waals surface area contributed by atoms with E-state index in [0.717, 1.165) is 0 Å². The van der Waals surface area contributed by atoms with Crippen LogP contribution in [-0.2, 0) is 17.1 Å². The van der Waals surface area contributed by atoms with Gasteiger partial charge in [-0.2, -0.15) is 52.7 Å². The number of rotatable bonds is 3. The Balaban J connectivity index is 3.69. The first kappa shape index (κ1) is 25.8. The summed E-state index contributed by atoms with van der Waals surface area (Å²) in [4.78, 5) is 11.2. The van der Waals surface area contributed by atoms with Gasteiger partial charge in [-0.05, 0) is 23.8 Å². The molecule has 0 bridgehead atoms. The lowest BCUT2D eigenvalue weighted by molar-refractivity contribution is -0.323. The highest BCUT2D eigenvalue weighted by Crippen LogP contribution is 2.48. The van der Waals surface area contributed by atoms with Gasteiger partial charge >= 0.3 is 30.4 Å². The Kier molecular flexibility index (Phi) is 6.46. The van der Waals surface area contributed by atoms with E-state index in [2.05, 4.69) is 0 Å². The van der Waals surface area contributed by atoms with Gasteiger partial charge in [-0.15, -0.1) is 0 Å². The Morgan fingerprint density at radius 2 is 1.23 bits per heavy atom. The highest BCUT2D eigenvalue weighted by Gasteiger charge is 2.76. The lowest BCUT2D eigenvalue weighted by atomic mass is 9.96. The third kappa shape index (κ3) is 4.75. The Morgan fingerprint density at radius 3 is 1.57 bits per heavy atom. The summed E-state index contributed by atoms with van der Waals surface area (Å²) in [6.07, 6.45) is -26.6. The van der Waals surface area contributed by atoms with Crippen LogP contribution in [0.25, 0.3) is 5.76 Å². The second-order valence-electron chi connectivity index (χ2n) is 5.40. The van der Waals surface area contributed by atoms with Crippen LogP contribution in [0, 0.1) is 0 Å². The summed E-state index contributed by atoms with van der Waals surface area (Å²) in [5, 5.41) is 9.86. The van der Waals surface area contributed by atoms with E-state index in [1.54, 1.807) is 0 Å². The maximum absolute atomic E-state index is 13.5. The summed E-state index contributed by atoms with van der Waals surface area (Å²) in [6.45, 7) is 0. The number of ketones is 1. The summed E-state index contributed by atoms with van der Waals surface area (Å²) in [6, 6.07) is -0.797. The van der Waals surface area contributed by atoms with Crippen molar-refractivity contribution >= 4 is 23.1 Å². The van der Waals surface area contributed by atoms with Crippen LogP contribution in [0.15, 0.2) is 18.2 Å². The normalized spacial score (nSPS) is 14.8. The Morgan fingerprint density at radius 1 is 0.800 bits per heavy atom. The molecular formula is C14H3ClF13O2-. The zero-order valence-electron chi connectivity index (χ0n) is 13.3. The summed E-state index contributed by atoms with van der Waals surface area (Å²) in [5.41, 5.74) is -13.4. The van der Waals surface area contributed by atoms with Crippen LogP contribution in [0.2, 0.25) is 5.02 Å². The topological polar surface area (TPSA) is 40.1 Å². The number of carbonyl (C=O) groups is 1. The highest BCUT2D eigenvalue weighted by atomic mass is 35.5. The standard InChI is InChI=1S/C14H4ClF13O2/c15-6-2-4(1-5(11(17,18)19)9(6)12(20,21)22)7(29)3-8(30)10(16,13(23,24)25)14(26,27)28/h1-3,29H/p-1/b7-3-. The minimum absolute atomic E-state index is 0.188. The molecule has 30 heavy (non-hydrogen) atoms. The quantitative estimate of drug-likeness (QED) is 0.323. The Labute approximate surface area is 161 Å². The van der Waals surface area contributed by atoms with Gasteiger partial charge in [0.15, 0.2) is 0 Å². The van der Waals surface area contributed by atoms with Crippen LogP contribution < -0.4 is 5.11 Å². The molecule has 1 aromatic rings. The number of alkyl halides is 13. The summed E-state index contributed by atoms with van der Waals surface area (Å²) in [7, 11) is 0. The molecule has 0 spiro atoms. The molecule has 0 aliphatic rings. The van der Waals surface area contributed by atoms with Crippen molar-refractivity contribution in [2.24, 2.45) is 0 Å². The van der Waals surface area contributed by atoms with Crippen molar-refractivity contribution in [3.63, 3.8) is 0 Å². The van der Waals surface area contributed by atoms with Crippen molar-refractivity contribution in [1.29, 1.82) is 0 Å². The number of benzene rings is 1. The first-order chi connectivity index (χ1) is 13.0. The molecule has 0 amide bonds. The molecule has 16 heteroatoms. The van der Waals surface area contributed by atoms with Crippen LogP contribution in [0.3, 0.4) is 0 Å². The first-order valence-electron chi connectivity index (χ1n) is 6.79. The molecule has 0 aromatic heterocycles. The molecule has 0 N–H and O–H groups in total. The molecular weight excluding hydrogens is 483 g/mol. The van der Waals surface area contributed by atoms with E-state index in [1.165, 1.54) is 0 Å². The van der Waals surface area contributed by atoms with Crippen molar-refractivity contribution in [1.82, 2.24) is 0 Å². The minimum atomic E-state index is -6.92. The van der Waals surface area contributed by atoms with Crippen LogP contribution in [-0.4, -0.2) is 23.8 Å². The van der Waals surface area contributed by atoms with Gasteiger partial charge in [0, 0.05) is 0 Å². The van der Waals surface area contributed by atoms with Crippen LogP contribution in [0.4, 0.5) is 57.1 Å². The number of hydrogen-bond donors (Lipinski definition) is 0. The fourth-order valence-electron chi connectivity index (χ4n) is 2.00. The second kappa shape index (κ2) is 7.50. The molecule has 2 nitrogen and oxygen atoms in total. The molecule has 0 aliphatic carbocycles. The van der Waals surface area contributed by atoms with Crippen LogP contribution in [0.1, 0.15) is 16.7 Å². The van der Waals surface area contributed by atoms with Crippen molar-refractivity contribution in [2.75, 3.05) is 0 Å². The summed E-state index contributed by atoms with van der Waals surface area (Å²) < 4.78 is 165. The van der Waals surface area contributed by atoms with Crippen molar-refractivity contribution in [3.05, 3.63) is 39.9 Å². The van der Waals surface area contributed by atoms with Gasteiger partial charge in [-0.1, -0.05) is 17.4 Å². The predicted molar refractivity (Wildman–Crippen MR) is 70.4 cm³/mol. The number of hydrogen-bond acceptors (Lipinski definition) is 2. The number of carbonyl (C=O) groups excluding carboxylic acids is 1. The van der Waals surface area contributed by atoms with Crippen LogP contribution in [0.5, 0.6) is 0 Å². The Bertz CT molecular complexity index is 845. The van der Waals surface area contributed by atoms with Crippen LogP contribution >= 0.6 is 11.6 Å². The van der Waals surface area contributed by atoms with Crippen molar-refractivity contribution in [3.8, 4) is 0 Å². The van der Waals surface area contributed by atoms with E-state index in [0.29, 0.717) is 0 Å². The minimum Gasteiger partial charge on any atom is -0.872 e. The highest BCUT2D eigenvalue weighted by molar-refractivity contribution is 6.31. The Hall–Kier alpha value is -2.19. The maximum Gasteiger partial charge on any atom is 0.439 e. The predicted octanol–water partition coefficient (Wildman–Crippen LogP) is 5.48. The van der Waals surface area contributed by atoms with E-state index in [4.69, 9.17) is 11.6 Å². The van der Waals surface area contributed by atoms with E-state index in [-0.39, 0.29) is 6.07 Å². The smallest absolute Gasteiger partial charge is 0.439 e. The largest absolute Gasteiger partial charge is 0.872 e. The fraction of sp³-hybridized carbons (Fsp3) is 0.357. The van der Waals surface area contributed by atoms with Gasteiger partial charge in [0.25, 0.3) is 0 Å². The molecule has 1 aromatic carbocycles. The van der Waals surface area contributed by atoms with E-state index in [9.17, 15) is 67.0 Å². The SMILES string of the molecule is O=C(/C=C(\[O-])c1cc(Cl)c(C(F)(F)F)c(C(F)(F)F)c1)C(F)(C(F)(F)F)C(F)(F)F. The van der Waals surface area contributed by atoms with Gasteiger partial charge in [-0.3, -0.25) is 4.79 Å². The molecule has 0 radical (unpaired) electrons. The summed E-state index contributed by atoms with van der Waals surface area (Å²) in [5.74, 6) is -5.95. The average molecular weight is 486 g/mol. The molecule has 0 saturated carbocycles. The fourth-order valence-corrected chi connectivity index (χ4v) is 2.33. The average Bonchev–Trinajstić information content (AvgIpc) is 2.48. The lowest BCUT2D eigenvalue weighted by Gasteiger charge is -2.28. The molecule has 0 fully saturated rings. The van der Waals surface area contributed by atoms with E-state index < -0.39 is 75.8 Å². The van der Waals surface area contributed by atoms with Gasteiger partial charge in [0.2, 0.25) is 5.78 Å². The van der Waals surface area contributed by atoms with Crippen molar-refractivity contribution < 1.29 is 67.0 Å². The monoisotopic (exact) mass is 485 g/mol. The van der Waals surface area contributed by atoms with Gasteiger partial charge in [0.05, 0.1) is 16.1 Å². The molecule has 0 unspecified atom stereocenters. The summed E-state index contributed by atoms with van der Waals surface area (Å²) >= 11 is 5.04. The van der Waals surface area contributed by atoms with E-state index >= 15 is 0 Å². The molecule has 0 heterocycles. The van der Waals surface area contributed by atoms with Gasteiger partial charge in [-0.25, -0.2) is 4.39 Å². The van der Waals surface area contributed by atoms with Crippen molar-refractivity contribution in [2.45, 2.75) is 30.4 Å². The first-order valence-corrected chi connectivity index (χ1v) is 7.16. The van der Waals surface area contributed by atoms with Gasteiger partial charge < -0.3 is 5.11 Å². The zero-order chi connectivity index (χ0) is 24.1. The van der Waals surface area contributed by atoms with Gasteiger partial charge in [0.1, 0.15) is 0 Å². The number of halogens is 14. The third-order valence-electron chi connectivity index (χ3n) is 3.35. The number of allylic oxidation sites excluding steroid dienone is 1. The lowest BCUT2D eigenvalue weighted by Crippen LogP contribution is -2.58. The molecule has 0 saturated heterocycles. The third-order valence-corrected chi connectivity index (χ3v) is 3.64. The molecule has 170 valence electrons. The zero-order valence-corrected chi connectivity index (χ0v) is 14.1. The second-order valence-corrected chi connectivity index (χ2v) is 5.81.